The van der Waals surface area contributed by atoms with Crippen LogP contribution in [0.3, 0.4) is 0 Å². The number of hydrogen-bond acceptors (Lipinski definition) is 2. The van der Waals surface area contributed by atoms with Gasteiger partial charge in [-0.3, -0.25) is 4.79 Å². The van der Waals surface area contributed by atoms with E-state index in [-0.39, 0.29) is 11.7 Å². The summed E-state index contributed by atoms with van der Waals surface area (Å²) in [7, 11) is 0. The molecule has 1 aromatic rings. The first-order chi connectivity index (χ1) is 12.5. The van der Waals surface area contributed by atoms with Crippen molar-refractivity contribution in [3.05, 3.63) is 29.3 Å². The van der Waals surface area contributed by atoms with Crippen molar-refractivity contribution in [2.75, 3.05) is 0 Å². The van der Waals surface area contributed by atoms with Crippen LogP contribution in [-0.4, -0.2) is 17.1 Å². The second-order valence-corrected chi connectivity index (χ2v) is 9.61. The van der Waals surface area contributed by atoms with Gasteiger partial charge >= 0.3 is 0 Å². The maximum atomic E-state index is 14.5. The van der Waals surface area contributed by atoms with Gasteiger partial charge in [0.1, 0.15) is 5.75 Å². The molecule has 1 aromatic carbocycles. The van der Waals surface area contributed by atoms with Gasteiger partial charge in [-0.15, -0.1) is 0 Å². The molecule has 0 amide bonds. The van der Waals surface area contributed by atoms with Crippen LogP contribution in [0.4, 0.5) is 4.39 Å². The number of ketones is 1. The fraction of sp³-hybridized carbons (Fsp3) is 0.696. The van der Waals surface area contributed by atoms with Gasteiger partial charge in [0.05, 0.1) is 0 Å². The van der Waals surface area contributed by atoms with Crippen LogP contribution in [-0.2, 0) is 11.2 Å². The molecule has 0 unspecified atom stereocenters. The summed E-state index contributed by atoms with van der Waals surface area (Å²) >= 11 is 0. The lowest BCUT2D eigenvalue weighted by Gasteiger charge is -2.53. The minimum Gasteiger partial charge on any atom is -0.508 e. The molecule has 140 valence electrons. The van der Waals surface area contributed by atoms with Crippen molar-refractivity contribution in [2.24, 2.45) is 29.1 Å². The Labute approximate surface area is 155 Å². The zero-order valence-electron chi connectivity index (χ0n) is 15.6. The molecule has 0 bridgehead atoms. The first-order valence-electron chi connectivity index (χ1n) is 10.5. The number of phenols is 1. The van der Waals surface area contributed by atoms with Crippen molar-refractivity contribution in [1.82, 2.24) is 0 Å². The Morgan fingerprint density at radius 2 is 1.96 bits per heavy atom. The zero-order valence-corrected chi connectivity index (χ0v) is 15.6. The molecule has 0 aliphatic heterocycles. The number of benzene rings is 1. The summed E-state index contributed by atoms with van der Waals surface area (Å²) in [5.74, 6) is 2.53. The number of carbonyl (C=O) groups excluding carboxylic acids is 1. The Balaban J connectivity index is 1.60. The van der Waals surface area contributed by atoms with Crippen LogP contribution in [0.2, 0.25) is 0 Å². The quantitative estimate of drug-likeness (QED) is 0.752. The fourth-order valence-corrected chi connectivity index (χ4v) is 7.30. The summed E-state index contributed by atoms with van der Waals surface area (Å²) in [5.41, 5.74) is 2.21. The van der Waals surface area contributed by atoms with Gasteiger partial charge in [-0.05, 0) is 78.5 Å². The number of alkyl halides is 1. The molecule has 4 aliphatic carbocycles. The monoisotopic (exact) mass is 356 g/mol. The predicted molar refractivity (Wildman–Crippen MR) is 98.8 cm³/mol. The number of carbonyl (C=O) groups is 1. The summed E-state index contributed by atoms with van der Waals surface area (Å²) in [6, 6.07) is 5.86. The highest BCUT2D eigenvalue weighted by molar-refractivity contribution is 5.91. The average molecular weight is 356 g/mol. The van der Waals surface area contributed by atoms with Crippen molar-refractivity contribution in [2.45, 2.75) is 70.4 Å². The van der Waals surface area contributed by atoms with Crippen molar-refractivity contribution in [3.63, 3.8) is 0 Å². The predicted octanol–water partition coefficient (Wildman–Crippen LogP) is 5.18. The third kappa shape index (κ3) is 2.25. The number of phenolic OH excluding ortho intramolecular Hbond substituents is 1. The topological polar surface area (TPSA) is 37.3 Å². The largest absolute Gasteiger partial charge is 0.508 e. The van der Waals surface area contributed by atoms with Gasteiger partial charge < -0.3 is 5.11 Å². The molecular formula is C23H29FO2. The van der Waals surface area contributed by atoms with Crippen molar-refractivity contribution in [3.8, 4) is 5.75 Å². The molecule has 4 aliphatic rings. The Morgan fingerprint density at radius 1 is 1.19 bits per heavy atom. The van der Waals surface area contributed by atoms with Gasteiger partial charge in [-0.2, -0.15) is 0 Å². The molecule has 5 rings (SSSR count). The molecule has 6 atom stereocenters. The Bertz CT molecular complexity index is 738. The van der Waals surface area contributed by atoms with E-state index in [1.807, 2.05) is 13.0 Å². The number of hydrogen-bond donors (Lipinski definition) is 1. The van der Waals surface area contributed by atoms with Gasteiger partial charge in [0.15, 0.2) is 12.0 Å². The molecule has 0 spiro atoms. The van der Waals surface area contributed by atoms with Gasteiger partial charge in [-0.1, -0.05) is 38.7 Å². The highest BCUT2D eigenvalue weighted by Crippen LogP contribution is 2.63. The lowest BCUT2D eigenvalue weighted by molar-refractivity contribution is -0.133. The summed E-state index contributed by atoms with van der Waals surface area (Å²) in [5, 5.41) is 10.0. The standard InChI is InChI=1S/C23H29FO2/c1-23-9-8-17-16-7-6-15(25)10-14(16)11-18(13-4-2-3-5-13)21(17)19(23)12-20(24)22(23)26/h6-7,10,13,17-21,25H,2-5,8-9,11-12H2,1H3/t17-,18+,19+,20-,21+,23+/m1/s1. The first-order valence-corrected chi connectivity index (χ1v) is 10.5. The van der Waals surface area contributed by atoms with E-state index in [1.165, 1.54) is 36.8 Å². The van der Waals surface area contributed by atoms with E-state index in [0.29, 0.717) is 35.8 Å². The number of rotatable bonds is 1. The van der Waals surface area contributed by atoms with E-state index in [4.69, 9.17) is 0 Å². The lowest BCUT2D eigenvalue weighted by Crippen LogP contribution is -2.47. The molecule has 1 N–H and O–H groups in total. The van der Waals surface area contributed by atoms with Gasteiger partial charge in [0.25, 0.3) is 0 Å². The number of aromatic hydroxyl groups is 1. The molecule has 0 saturated heterocycles. The molecule has 3 fully saturated rings. The van der Waals surface area contributed by atoms with Crippen LogP contribution in [0.5, 0.6) is 5.75 Å². The lowest BCUT2D eigenvalue weighted by atomic mass is 9.51. The second-order valence-electron chi connectivity index (χ2n) is 9.61. The number of halogens is 1. The van der Waals surface area contributed by atoms with E-state index >= 15 is 0 Å². The van der Waals surface area contributed by atoms with E-state index in [1.54, 1.807) is 6.07 Å². The van der Waals surface area contributed by atoms with Gasteiger partial charge in [0, 0.05) is 5.41 Å². The Hall–Kier alpha value is -1.38. The van der Waals surface area contributed by atoms with Crippen LogP contribution in [0.1, 0.15) is 68.9 Å². The van der Waals surface area contributed by atoms with Crippen LogP contribution in [0.15, 0.2) is 18.2 Å². The zero-order chi connectivity index (χ0) is 18.1. The van der Waals surface area contributed by atoms with Crippen LogP contribution in [0, 0.1) is 29.1 Å². The minimum atomic E-state index is -1.26. The Morgan fingerprint density at radius 3 is 2.73 bits per heavy atom. The van der Waals surface area contributed by atoms with Crippen LogP contribution >= 0.6 is 0 Å². The smallest absolute Gasteiger partial charge is 0.173 e. The minimum absolute atomic E-state index is 0.123. The number of Topliss-reactive ketones (excluding diaryl/α,β-unsaturated/α-hetero) is 1. The second kappa shape index (κ2) is 5.81. The molecule has 0 heterocycles. The normalized spacial score (nSPS) is 42.4. The van der Waals surface area contributed by atoms with E-state index in [9.17, 15) is 14.3 Å². The maximum Gasteiger partial charge on any atom is 0.173 e. The Kier molecular flexibility index (Phi) is 3.75. The summed E-state index contributed by atoms with van der Waals surface area (Å²) in [4.78, 5) is 12.6. The fourth-order valence-electron chi connectivity index (χ4n) is 7.30. The first kappa shape index (κ1) is 16.8. The van der Waals surface area contributed by atoms with Gasteiger partial charge in [-0.25, -0.2) is 4.39 Å². The third-order valence-corrected chi connectivity index (χ3v) is 8.51. The van der Waals surface area contributed by atoms with Crippen LogP contribution in [0.25, 0.3) is 0 Å². The van der Waals surface area contributed by atoms with Crippen molar-refractivity contribution < 1.29 is 14.3 Å². The van der Waals surface area contributed by atoms with Crippen molar-refractivity contribution >= 4 is 5.78 Å². The van der Waals surface area contributed by atoms with E-state index in [2.05, 4.69) is 6.07 Å². The summed E-state index contributed by atoms with van der Waals surface area (Å²) in [6.07, 6.45) is 7.13. The third-order valence-electron chi connectivity index (χ3n) is 8.51. The molecule has 26 heavy (non-hydrogen) atoms. The highest BCUT2D eigenvalue weighted by Gasteiger charge is 2.60. The van der Waals surface area contributed by atoms with E-state index < -0.39 is 11.6 Å². The maximum absolute atomic E-state index is 14.5. The van der Waals surface area contributed by atoms with E-state index in [0.717, 1.165) is 19.3 Å². The van der Waals surface area contributed by atoms with Gasteiger partial charge in [0.2, 0.25) is 0 Å². The molecule has 3 saturated carbocycles. The molecular weight excluding hydrogens is 327 g/mol. The molecule has 0 radical (unpaired) electrons. The summed E-state index contributed by atoms with van der Waals surface area (Å²) in [6.45, 7) is 2.05. The van der Waals surface area contributed by atoms with Crippen molar-refractivity contribution in [1.29, 1.82) is 0 Å². The summed E-state index contributed by atoms with van der Waals surface area (Å²) < 4.78 is 14.5. The SMILES string of the molecule is C[C@]12CC[C@@H]3c4ccc(O)cc4C[C@@H](C4CCCC4)[C@H]3[C@@H]1C[C@@H](F)C2=O. The molecule has 3 heteroatoms. The average Bonchev–Trinajstić information content (AvgIpc) is 3.23. The number of fused-ring (bicyclic) bond motifs is 5. The van der Waals surface area contributed by atoms with Crippen LogP contribution < -0.4 is 0 Å². The molecule has 0 aromatic heterocycles. The molecule has 2 nitrogen and oxygen atoms in total. The highest BCUT2D eigenvalue weighted by atomic mass is 19.1.